The molecule has 0 heterocycles. The van der Waals surface area contributed by atoms with Crippen LogP contribution >= 0.6 is 10.7 Å². The van der Waals surface area contributed by atoms with Gasteiger partial charge in [-0.1, -0.05) is 0 Å². The van der Waals surface area contributed by atoms with E-state index in [2.05, 4.69) is 10.7 Å². The predicted octanol–water partition coefficient (Wildman–Crippen LogP) is 2.58. The van der Waals surface area contributed by atoms with Gasteiger partial charge in [-0.2, -0.15) is 0 Å². The van der Waals surface area contributed by atoms with Crippen LogP contribution < -0.4 is 0 Å². The summed E-state index contributed by atoms with van der Waals surface area (Å²) in [5.74, 6) is -6.93. The number of hydrogen-bond donors (Lipinski definition) is 0. The second kappa shape index (κ2) is 3.44. The molecule has 1 rings (SSSR count). The lowest BCUT2D eigenvalue weighted by molar-refractivity contribution is 0.159. The van der Waals surface area contributed by atoms with Gasteiger partial charge in [-0.25, -0.2) is 30.4 Å². The van der Waals surface area contributed by atoms with E-state index in [1.807, 2.05) is 0 Å². The molecule has 0 saturated heterocycles. The van der Waals surface area contributed by atoms with E-state index in [9.17, 15) is 30.4 Å². The van der Waals surface area contributed by atoms with Crippen LogP contribution in [0.5, 0.6) is 0 Å². The van der Waals surface area contributed by atoms with Gasteiger partial charge in [0, 0.05) is 16.8 Å². The van der Waals surface area contributed by atoms with Crippen LogP contribution in [0, 0.1) is 0 Å². The molecule has 1 aliphatic carbocycles. The highest BCUT2D eigenvalue weighted by molar-refractivity contribution is 8.14. The maximum absolute atomic E-state index is 13.3. The van der Waals surface area contributed by atoms with E-state index < -0.39 is 43.8 Å². The summed E-state index contributed by atoms with van der Waals surface area (Å²) in [7, 11) is -0.830. The zero-order chi connectivity index (χ0) is 12.0. The van der Waals surface area contributed by atoms with Crippen LogP contribution in [0.3, 0.4) is 0 Å². The van der Waals surface area contributed by atoms with Crippen LogP contribution in [-0.4, -0.2) is 19.6 Å². The van der Waals surface area contributed by atoms with Crippen molar-refractivity contribution < 1.29 is 30.4 Å². The summed E-state index contributed by atoms with van der Waals surface area (Å²) in [6.45, 7) is 0. The SMILES string of the molecule is O=S(=O)(Cl)[C@@]1(F)C=C(F)C(F)=C(F)[C@H]1F. The molecule has 0 aromatic rings. The summed E-state index contributed by atoms with van der Waals surface area (Å²) in [5.41, 5.74) is 0. The van der Waals surface area contributed by atoms with Crippen molar-refractivity contribution in [2.45, 2.75) is 11.2 Å². The summed E-state index contributed by atoms with van der Waals surface area (Å²) in [6, 6.07) is 0. The highest BCUT2D eigenvalue weighted by Gasteiger charge is 2.56. The van der Waals surface area contributed by atoms with Gasteiger partial charge in [-0.15, -0.1) is 0 Å². The van der Waals surface area contributed by atoms with Gasteiger partial charge >= 0.3 is 0 Å². The topological polar surface area (TPSA) is 34.1 Å². The normalized spacial score (nSPS) is 32.9. The molecule has 1 aliphatic rings. The minimum absolute atomic E-state index is 0.557. The van der Waals surface area contributed by atoms with E-state index >= 15 is 0 Å². The highest BCUT2D eigenvalue weighted by Crippen LogP contribution is 2.43. The number of alkyl halides is 2. The Labute approximate surface area is 85.4 Å². The maximum atomic E-state index is 13.3. The fourth-order valence-corrected chi connectivity index (χ4v) is 1.86. The first-order chi connectivity index (χ1) is 6.61. The second-order valence-corrected chi connectivity index (χ2v) is 5.37. The molecule has 0 aromatic heterocycles. The predicted molar refractivity (Wildman–Crippen MR) is 41.9 cm³/mol. The third-order valence-electron chi connectivity index (χ3n) is 1.68. The molecule has 0 N–H and O–H groups in total. The molecule has 0 bridgehead atoms. The first kappa shape index (κ1) is 12.4. The van der Waals surface area contributed by atoms with Crippen molar-refractivity contribution in [1.29, 1.82) is 0 Å². The third-order valence-corrected chi connectivity index (χ3v) is 3.47. The molecule has 0 aromatic carbocycles. The molecule has 0 saturated carbocycles. The van der Waals surface area contributed by atoms with Gasteiger partial charge < -0.3 is 0 Å². The lowest BCUT2D eigenvalue weighted by Crippen LogP contribution is -2.41. The summed E-state index contributed by atoms with van der Waals surface area (Å²) >= 11 is 0. The average Bonchev–Trinajstić information content (AvgIpc) is 2.10. The largest absolute Gasteiger partial charge is 0.283 e. The van der Waals surface area contributed by atoms with E-state index in [-0.39, 0.29) is 0 Å². The maximum Gasteiger partial charge on any atom is 0.283 e. The third kappa shape index (κ3) is 1.76. The van der Waals surface area contributed by atoms with Gasteiger partial charge in [-0.3, -0.25) is 0 Å². The van der Waals surface area contributed by atoms with Gasteiger partial charge in [0.15, 0.2) is 17.5 Å². The number of hydrogen-bond acceptors (Lipinski definition) is 2. The van der Waals surface area contributed by atoms with Crippen LogP contribution in [-0.2, 0) is 9.05 Å². The Bertz CT molecular complexity index is 456. The molecule has 2 nitrogen and oxygen atoms in total. The smallest absolute Gasteiger partial charge is 0.234 e. The van der Waals surface area contributed by atoms with E-state index in [0.717, 1.165) is 0 Å². The van der Waals surface area contributed by atoms with Crippen LogP contribution in [0.4, 0.5) is 22.0 Å². The summed E-state index contributed by atoms with van der Waals surface area (Å²) in [6.07, 6.45) is -4.09. The summed E-state index contributed by atoms with van der Waals surface area (Å²) in [4.78, 5) is 0. The quantitative estimate of drug-likeness (QED) is 0.541. The van der Waals surface area contributed by atoms with E-state index in [1.165, 1.54) is 0 Å². The Kier molecular flexibility index (Phi) is 2.86. The Morgan fingerprint density at radius 1 is 1.33 bits per heavy atom. The molecule has 0 fully saturated rings. The van der Waals surface area contributed by atoms with Gasteiger partial charge in [-0.05, 0) is 0 Å². The lowest BCUT2D eigenvalue weighted by Gasteiger charge is -2.24. The fraction of sp³-hybridized carbons (Fsp3) is 0.333. The Morgan fingerprint density at radius 2 is 1.80 bits per heavy atom. The van der Waals surface area contributed by atoms with Crippen molar-refractivity contribution in [2.24, 2.45) is 0 Å². The molecule has 15 heavy (non-hydrogen) atoms. The Balaban J connectivity index is 3.43. The zero-order valence-electron chi connectivity index (χ0n) is 6.65. The van der Waals surface area contributed by atoms with Crippen molar-refractivity contribution >= 4 is 19.7 Å². The molecule has 0 radical (unpaired) electrons. The molecular weight excluding hydrogens is 267 g/mol. The van der Waals surface area contributed by atoms with E-state index in [4.69, 9.17) is 0 Å². The molecule has 0 amide bonds. The van der Waals surface area contributed by atoms with E-state index in [1.54, 1.807) is 0 Å². The first-order valence-electron chi connectivity index (χ1n) is 3.32. The Morgan fingerprint density at radius 3 is 2.20 bits per heavy atom. The summed E-state index contributed by atoms with van der Waals surface area (Å²) < 4.78 is 84.6. The van der Waals surface area contributed by atoms with Crippen LogP contribution in [0.2, 0.25) is 0 Å². The van der Waals surface area contributed by atoms with Crippen LogP contribution in [0.15, 0.2) is 23.6 Å². The monoisotopic (exact) mass is 268 g/mol. The minimum Gasteiger partial charge on any atom is -0.234 e. The standard InChI is InChI=1S/C6H2ClF5O2S/c7-15(13,14)6(12)1-2(8)3(9)4(10)5(6)11/h1,5H/t5-,6+/m1/s1. The Hall–Kier alpha value is -0.630. The molecule has 0 unspecified atom stereocenters. The van der Waals surface area contributed by atoms with Gasteiger partial charge in [0.2, 0.25) is 6.17 Å². The lowest BCUT2D eigenvalue weighted by atomic mass is 10.1. The van der Waals surface area contributed by atoms with Gasteiger partial charge in [0.1, 0.15) is 0 Å². The minimum atomic E-state index is -5.29. The van der Waals surface area contributed by atoms with Crippen molar-refractivity contribution in [3.63, 3.8) is 0 Å². The van der Waals surface area contributed by atoms with Crippen LogP contribution in [0.1, 0.15) is 0 Å². The molecule has 2 atom stereocenters. The van der Waals surface area contributed by atoms with Crippen molar-refractivity contribution in [3.8, 4) is 0 Å². The molecular formula is C6H2ClF5O2S. The molecule has 86 valence electrons. The molecule has 0 spiro atoms. The highest BCUT2D eigenvalue weighted by atomic mass is 35.7. The van der Waals surface area contributed by atoms with Crippen LogP contribution in [0.25, 0.3) is 0 Å². The van der Waals surface area contributed by atoms with E-state index in [0.29, 0.717) is 0 Å². The van der Waals surface area contributed by atoms with Crippen molar-refractivity contribution in [1.82, 2.24) is 0 Å². The molecule has 9 heteroatoms. The summed E-state index contributed by atoms with van der Waals surface area (Å²) in [5, 5.41) is -4.14. The fourth-order valence-electron chi connectivity index (χ4n) is 0.901. The van der Waals surface area contributed by atoms with Gasteiger partial charge in [0.25, 0.3) is 14.1 Å². The first-order valence-corrected chi connectivity index (χ1v) is 5.63. The van der Waals surface area contributed by atoms with Crippen molar-refractivity contribution in [2.75, 3.05) is 0 Å². The molecule has 0 aliphatic heterocycles. The van der Waals surface area contributed by atoms with Gasteiger partial charge in [0.05, 0.1) is 0 Å². The average molecular weight is 269 g/mol. The number of halogens is 6. The number of rotatable bonds is 1. The second-order valence-electron chi connectivity index (χ2n) is 2.65. The number of allylic oxidation sites excluding steroid dienone is 3. The van der Waals surface area contributed by atoms with Crippen molar-refractivity contribution in [3.05, 3.63) is 23.6 Å². The zero-order valence-corrected chi connectivity index (χ0v) is 8.22.